The first-order chi connectivity index (χ1) is 9.93. The third-order valence-corrected chi connectivity index (χ3v) is 4.40. The second-order valence-corrected chi connectivity index (χ2v) is 6.02. The van der Waals surface area contributed by atoms with Crippen LogP contribution in [0.4, 0.5) is 5.69 Å². The van der Waals surface area contributed by atoms with Crippen LogP contribution in [0, 0.1) is 5.92 Å². The average molecular weight is 291 g/mol. The molecule has 2 atom stereocenters. The maximum absolute atomic E-state index is 11.5. The van der Waals surface area contributed by atoms with Gasteiger partial charge in [0.25, 0.3) is 0 Å². The number of rotatable bonds is 6. The molecule has 5 nitrogen and oxygen atoms in total. The molecule has 0 bridgehead atoms. The van der Waals surface area contributed by atoms with Crippen LogP contribution in [0.25, 0.3) is 0 Å². The fourth-order valence-electron chi connectivity index (χ4n) is 3.00. The number of carbonyl (C=O) groups excluding carboxylic acids is 1. The van der Waals surface area contributed by atoms with E-state index in [4.69, 9.17) is 16.2 Å². The molecule has 116 valence electrons. The van der Waals surface area contributed by atoms with Crippen LogP contribution < -0.4 is 21.1 Å². The summed E-state index contributed by atoms with van der Waals surface area (Å²) >= 11 is 0. The quantitative estimate of drug-likeness (QED) is 0.832. The van der Waals surface area contributed by atoms with Crippen molar-refractivity contribution in [2.75, 3.05) is 25.6 Å². The van der Waals surface area contributed by atoms with Gasteiger partial charge in [-0.15, -0.1) is 0 Å². The molecular formula is C16H25N3O2. The summed E-state index contributed by atoms with van der Waals surface area (Å²) in [5.41, 5.74) is 11.8. The van der Waals surface area contributed by atoms with Crippen molar-refractivity contribution in [2.45, 2.75) is 31.2 Å². The molecule has 0 aromatic heterocycles. The number of amides is 1. The number of nitrogens with two attached hydrogens (primary N) is 2. The smallest absolute Gasteiger partial charge is 0.237 e. The van der Waals surface area contributed by atoms with Crippen LogP contribution in [0.5, 0.6) is 5.75 Å². The van der Waals surface area contributed by atoms with Gasteiger partial charge in [-0.25, -0.2) is 0 Å². The Morgan fingerprint density at radius 3 is 2.90 bits per heavy atom. The normalized spacial score (nSPS) is 24.8. The zero-order chi connectivity index (χ0) is 15.5. The number of nitrogens with zero attached hydrogens (tertiary/aromatic N) is 1. The van der Waals surface area contributed by atoms with Gasteiger partial charge in [-0.2, -0.15) is 0 Å². The Morgan fingerprint density at radius 2 is 2.24 bits per heavy atom. The minimum atomic E-state index is -0.852. The predicted octanol–water partition coefficient (Wildman–Crippen LogP) is 1.50. The minimum Gasteiger partial charge on any atom is -0.494 e. The van der Waals surface area contributed by atoms with Crippen molar-refractivity contribution in [1.82, 2.24) is 0 Å². The summed E-state index contributed by atoms with van der Waals surface area (Å²) in [7, 11) is 3.99. The van der Waals surface area contributed by atoms with Crippen molar-refractivity contribution < 1.29 is 9.53 Å². The van der Waals surface area contributed by atoms with E-state index in [-0.39, 0.29) is 11.8 Å². The monoisotopic (exact) mass is 291 g/mol. The zero-order valence-electron chi connectivity index (χ0n) is 12.8. The summed E-state index contributed by atoms with van der Waals surface area (Å²) in [5.74, 6) is 0.563. The first kappa shape index (κ1) is 15.6. The molecule has 1 saturated carbocycles. The van der Waals surface area contributed by atoms with E-state index >= 15 is 0 Å². The molecule has 0 spiro atoms. The number of hydrogen-bond acceptors (Lipinski definition) is 4. The van der Waals surface area contributed by atoms with Crippen LogP contribution in [-0.4, -0.2) is 32.1 Å². The second-order valence-electron chi connectivity index (χ2n) is 6.02. The number of benzene rings is 1. The van der Waals surface area contributed by atoms with Crippen LogP contribution >= 0.6 is 0 Å². The highest BCUT2D eigenvalue weighted by Gasteiger charge is 2.43. The van der Waals surface area contributed by atoms with E-state index in [1.807, 2.05) is 43.3 Å². The van der Waals surface area contributed by atoms with Crippen LogP contribution in [0.3, 0.4) is 0 Å². The molecule has 1 aromatic carbocycles. The summed E-state index contributed by atoms with van der Waals surface area (Å²) in [4.78, 5) is 13.6. The Bertz CT molecular complexity index is 504. The molecule has 0 heterocycles. The van der Waals surface area contributed by atoms with Gasteiger partial charge in [-0.05, 0) is 37.3 Å². The Kier molecular flexibility index (Phi) is 4.73. The molecule has 0 radical (unpaired) electrons. The van der Waals surface area contributed by atoms with Crippen LogP contribution in [0.15, 0.2) is 24.3 Å². The van der Waals surface area contributed by atoms with Crippen molar-refractivity contribution in [2.24, 2.45) is 17.4 Å². The standard InChI is InChI=1S/C16H25N3O2/c1-19(2)13-6-3-7-14(11-13)21-10-8-12-5-4-9-16(12,18)15(17)20/h3,6-7,11-12H,4-5,8-10,18H2,1-2H3,(H2,17,20). The van der Waals surface area contributed by atoms with Crippen molar-refractivity contribution >= 4 is 11.6 Å². The number of ether oxygens (including phenoxy) is 1. The molecule has 1 aliphatic carbocycles. The van der Waals surface area contributed by atoms with E-state index in [0.717, 1.165) is 30.7 Å². The van der Waals surface area contributed by atoms with Gasteiger partial charge < -0.3 is 21.1 Å². The summed E-state index contributed by atoms with van der Waals surface area (Å²) < 4.78 is 5.80. The fraction of sp³-hybridized carbons (Fsp3) is 0.562. The lowest BCUT2D eigenvalue weighted by molar-refractivity contribution is -0.124. The van der Waals surface area contributed by atoms with E-state index in [0.29, 0.717) is 13.0 Å². The zero-order valence-corrected chi connectivity index (χ0v) is 12.8. The van der Waals surface area contributed by atoms with Gasteiger partial charge in [0.15, 0.2) is 0 Å². The van der Waals surface area contributed by atoms with Gasteiger partial charge in [-0.1, -0.05) is 12.5 Å². The molecule has 4 N–H and O–H groups in total. The van der Waals surface area contributed by atoms with Gasteiger partial charge in [0.1, 0.15) is 5.75 Å². The SMILES string of the molecule is CN(C)c1cccc(OCCC2CCCC2(N)C(N)=O)c1. The molecule has 2 rings (SSSR count). The molecule has 5 heteroatoms. The molecule has 0 aliphatic heterocycles. The van der Waals surface area contributed by atoms with Crippen LogP contribution in [0.1, 0.15) is 25.7 Å². The Hall–Kier alpha value is -1.75. The van der Waals surface area contributed by atoms with E-state index < -0.39 is 5.54 Å². The highest BCUT2D eigenvalue weighted by molar-refractivity contribution is 5.85. The average Bonchev–Trinajstić information content (AvgIpc) is 2.82. The molecule has 1 aliphatic rings. The maximum Gasteiger partial charge on any atom is 0.237 e. The summed E-state index contributed by atoms with van der Waals surface area (Å²) in [6.45, 7) is 0.549. The molecule has 2 unspecified atom stereocenters. The molecule has 1 amide bonds. The topological polar surface area (TPSA) is 81.6 Å². The first-order valence-corrected chi connectivity index (χ1v) is 7.42. The molecule has 1 fully saturated rings. The van der Waals surface area contributed by atoms with Crippen LogP contribution in [-0.2, 0) is 4.79 Å². The molecular weight excluding hydrogens is 266 g/mol. The predicted molar refractivity (Wildman–Crippen MR) is 84.3 cm³/mol. The van der Waals surface area contributed by atoms with Gasteiger partial charge in [0, 0.05) is 25.8 Å². The van der Waals surface area contributed by atoms with Crippen molar-refractivity contribution in [1.29, 1.82) is 0 Å². The minimum absolute atomic E-state index is 0.118. The number of anilines is 1. The third-order valence-electron chi connectivity index (χ3n) is 4.40. The lowest BCUT2D eigenvalue weighted by Gasteiger charge is -2.27. The van der Waals surface area contributed by atoms with Crippen molar-refractivity contribution in [3.63, 3.8) is 0 Å². The Morgan fingerprint density at radius 1 is 1.48 bits per heavy atom. The first-order valence-electron chi connectivity index (χ1n) is 7.42. The Labute approximate surface area is 126 Å². The molecule has 0 saturated heterocycles. The van der Waals surface area contributed by atoms with Gasteiger partial charge in [0.2, 0.25) is 5.91 Å². The number of hydrogen-bond donors (Lipinski definition) is 2. The summed E-state index contributed by atoms with van der Waals surface area (Å²) in [6.07, 6.45) is 3.34. The summed E-state index contributed by atoms with van der Waals surface area (Å²) in [6, 6.07) is 7.93. The van der Waals surface area contributed by atoms with Gasteiger partial charge in [-0.3, -0.25) is 4.79 Å². The number of carbonyl (C=O) groups is 1. The summed E-state index contributed by atoms with van der Waals surface area (Å²) in [5, 5.41) is 0. The van der Waals surface area contributed by atoms with E-state index in [2.05, 4.69) is 0 Å². The van der Waals surface area contributed by atoms with Crippen molar-refractivity contribution in [3.8, 4) is 5.75 Å². The molecule has 21 heavy (non-hydrogen) atoms. The molecule has 1 aromatic rings. The third kappa shape index (κ3) is 3.47. The largest absolute Gasteiger partial charge is 0.494 e. The van der Waals surface area contributed by atoms with Crippen molar-refractivity contribution in [3.05, 3.63) is 24.3 Å². The number of primary amides is 1. The Balaban J connectivity index is 1.90. The fourth-order valence-corrected chi connectivity index (χ4v) is 3.00. The maximum atomic E-state index is 11.5. The van der Waals surface area contributed by atoms with E-state index in [9.17, 15) is 4.79 Å². The highest BCUT2D eigenvalue weighted by Crippen LogP contribution is 2.36. The van der Waals surface area contributed by atoms with Gasteiger partial charge in [0.05, 0.1) is 12.1 Å². The second kappa shape index (κ2) is 6.35. The van der Waals surface area contributed by atoms with Gasteiger partial charge >= 0.3 is 0 Å². The van der Waals surface area contributed by atoms with Crippen LogP contribution in [0.2, 0.25) is 0 Å². The lowest BCUT2D eigenvalue weighted by atomic mass is 9.85. The lowest BCUT2D eigenvalue weighted by Crippen LogP contribution is -2.54. The highest BCUT2D eigenvalue weighted by atomic mass is 16.5. The van der Waals surface area contributed by atoms with E-state index in [1.54, 1.807) is 0 Å². The van der Waals surface area contributed by atoms with E-state index in [1.165, 1.54) is 0 Å².